The highest BCUT2D eigenvalue weighted by Crippen LogP contribution is 2.18. The van der Waals surface area contributed by atoms with Crippen molar-refractivity contribution in [1.29, 1.82) is 0 Å². The summed E-state index contributed by atoms with van der Waals surface area (Å²) in [5, 5.41) is 2.25. The summed E-state index contributed by atoms with van der Waals surface area (Å²) in [6.45, 7) is 4.57. The Morgan fingerprint density at radius 3 is 2.53 bits per heavy atom. The zero-order valence-electron chi connectivity index (χ0n) is 11.6. The van der Waals surface area contributed by atoms with E-state index in [4.69, 9.17) is 4.74 Å². The molecule has 1 unspecified atom stereocenters. The fraction of sp³-hybridized carbons (Fsp3) is 0.353. The van der Waals surface area contributed by atoms with Crippen LogP contribution in [0.1, 0.15) is 37.0 Å². The molecule has 0 aromatic heterocycles. The van der Waals surface area contributed by atoms with Gasteiger partial charge in [-0.2, -0.15) is 0 Å². The number of Topliss-reactive ketones (excluding diaryl/α,β-unsaturated/α-hetero) is 1. The topological polar surface area (TPSA) is 26.3 Å². The molecule has 2 aromatic rings. The van der Waals surface area contributed by atoms with E-state index in [1.54, 1.807) is 0 Å². The third kappa shape index (κ3) is 3.21. The number of fused-ring (bicyclic) bond motifs is 1. The lowest BCUT2D eigenvalue weighted by Crippen LogP contribution is -2.24. The SMILES string of the molecule is CCCC(OCC)C(=O)c1ccc2ccccc2c1. The van der Waals surface area contributed by atoms with Crippen molar-refractivity contribution in [2.75, 3.05) is 6.61 Å². The van der Waals surface area contributed by atoms with Crippen LogP contribution in [0, 0.1) is 0 Å². The molecule has 0 radical (unpaired) electrons. The summed E-state index contributed by atoms with van der Waals surface area (Å²) in [7, 11) is 0. The van der Waals surface area contributed by atoms with E-state index in [0.29, 0.717) is 6.61 Å². The zero-order valence-corrected chi connectivity index (χ0v) is 11.6. The molecule has 2 rings (SSSR count). The van der Waals surface area contributed by atoms with Gasteiger partial charge in [-0.25, -0.2) is 0 Å². The van der Waals surface area contributed by atoms with Gasteiger partial charge in [-0.15, -0.1) is 0 Å². The van der Waals surface area contributed by atoms with Crippen molar-refractivity contribution in [3.63, 3.8) is 0 Å². The van der Waals surface area contributed by atoms with E-state index in [0.717, 1.165) is 29.2 Å². The van der Waals surface area contributed by atoms with E-state index in [9.17, 15) is 4.79 Å². The molecule has 0 fully saturated rings. The van der Waals surface area contributed by atoms with Gasteiger partial charge in [0.15, 0.2) is 5.78 Å². The molecule has 0 bridgehead atoms. The van der Waals surface area contributed by atoms with Gasteiger partial charge in [-0.3, -0.25) is 4.79 Å². The van der Waals surface area contributed by atoms with E-state index in [2.05, 4.69) is 13.0 Å². The first-order valence-corrected chi connectivity index (χ1v) is 6.91. The number of ketones is 1. The fourth-order valence-corrected chi connectivity index (χ4v) is 2.28. The van der Waals surface area contributed by atoms with Crippen LogP contribution in [0.15, 0.2) is 42.5 Å². The largest absolute Gasteiger partial charge is 0.370 e. The van der Waals surface area contributed by atoms with Gasteiger partial charge in [0.05, 0.1) is 0 Å². The van der Waals surface area contributed by atoms with Crippen LogP contribution >= 0.6 is 0 Å². The standard InChI is InChI=1S/C17H20O2/c1-3-7-16(19-4-2)17(18)15-11-10-13-8-5-6-9-14(13)12-15/h5-6,8-12,16H,3-4,7H2,1-2H3. The Balaban J connectivity index is 2.29. The molecule has 0 spiro atoms. The number of carbonyl (C=O) groups excluding carboxylic acids is 1. The summed E-state index contributed by atoms with van der Waals surface area (Å²) in [4.78, 5) is 12.4. The van der Waals surface area contributed by atoms with Crippen LogP contribution in [0.5, 0.6) is 0 Å². The first-order valence-electron chi connectivity index (χ1n) is 6.91. The van der Waals surface area contributed by atoms with Crippen molar-refractivity contribution in [2.45, 2.75) is 32.8 Å². The predicted octanol–water partition coefficient (Wildman–Crippen LogP) is 4.23. The quantitative estimate of drug-likeness (QED) is 0.723. The van der Waals surface area contributed by atoms with Gasteiger partial charge in [0.1, 0.15) is 6.10 Å². The van der Waals surface area contributed by atoms with Crippen LogP contribution in [0.25, 0.3) is 10.8 Å². The number of hydrogen-bond acceptors (Lipinski definition) is 2. The average Bonchev–Trinajstić information content (AvgIpc) is 2.46. The van der Waals surface area contributed by atoms with Gasteiger partial charge in [-0.05, 0) is 30.2 Å². The second kappa shape index (κ2) is 6.48. The molecular formula is C17H20O2. The van der Waals surface area contributed by atoms with Crippen molar-refractivity contribution < 1.29 is 9.53 Å². The summed E-state index contributed by atoms with van der Waals surface area (Å²) < 4.78 is 5.56. The van der Waals surface area contributed by atoms with Crippen LogP contribution in [0.4, 0.5) is 0 Å². The fourth-order valence-electron chi connectivity index (χ4n) is 2.28. The predicted molar refractivity (Wildman–Crippen MR) is 78.6 cm³/mol. The van der Waals surface area contributed by atoms with E-state index in [1.807, 2.05) is 43.3 Å². The second-order valence-corrected chi connectivity index (χ2v) is 4.66. The maximum Gasteiger partial charge on any atom is 0.191 e. The molecule has 0 N–H and O–H groups in total. The van der Waals surface area contributed by atoms with Gasteiger partial charge in [0, 0.05) is 12.2 Å². The Bertz CT molecular complexity index is 554. The molecule has 0 aliphatic heterocycles. The normalized spacial score (nSPS) is 12.5. The molecule has 0 amide bonds. The van der Waals surface area contributed by atoms with Crippen molar-refractivity contribution in [3.8, 4) is 0 Å². The highest BCUT2D eigenvalue weighted by atomic mass is 16.5. The first kappa shape index (κ1) is 13.8. The molecule has 2 heteroatoms. The summed E-state index contributed by atoms with van der Waals surface area (Å²) in [6, 6.07) is 13.9. The minimum Gasteiger partial charge on any atom is -0.370 e. The smallest absolute Gasteiger partial charge is 0.191 e. The van der Waals surface area contributed by atoms with Gasteiger partial charge in [0.25, 0.3) is 0 Å². The van der Waals surface area contributed by atoms with E-state index in [-0.39, 0.29) is 11.9 Å². The maximum absolute atomic E-state index is 12.4. The zero-order chi connectivity index (χ0) is 13.7. The molecule has 0 aliphatic rings. The molecule has 0 saturated carbocycles. The Labute approximate surface area is 114 Å². The number of rotatable bonds is 6. The van der Waals surface area contributed by atoms with Crippen molar-refractivity contribution in [3.05, 3.63) is 48.0 Å². The van der Waals surface area contributed by atoms with Gasteiger partial charge in [-0.1, -0.05) is 49.7 Å². The first-order chi connectivity index (χ1) is 9.26. The third-order valence-electron chi connectivity index (χ3n) is 3.25. The second-order valence-electron chi connectivity index (χ2n) is 4.66. The Hall–Kier alpha value is -1.67. The summed E-state index contributed by atoms with van der Waals surface area (Å²) in [6.07, 6.45) is 1.42. The van der Waals surface area contributed by atoms with E-state index in [1.165, 1.54) is 0 Å². The Morgan fingerprint density at radius 2 is 1.84 bits per heavy atom. The highest BCUT2D eigenvalue weighted by Gasteiger charge is 2.19. The van der Waals surface area contributed by atoms with E-state index < -0.39 is 0 Å². The lowest BCUT2D eigenvalue weighted by Gasteiger charge is -2.15. The monoisotopic (exact) mass is 256 g/mol. The molecule has 2 nitrogen and oxygen atoms in total. The number of carbonyl (C=O) groups is 1. The summed E-state index contributed by atoms with van der Waals surface area (Å²) >= 11 is 0. The number of ether oxygens (including phenoxy) is 1. The summed E-state index contributed by atoms with van der Waals surface area (Å²) in [5.74, 6) is 0.0921. The minimum atomic E-state index is -0.309. The Morgan fingerprint density at radius 1 is 1.11 bits per heavy atom. The number of benzene rings is 2. The third-order valence-corrected chi connectivity index (χ3v) is 3.25. The average molecular weight is 256 g/mol. The number of hydrogen-bond donors (Lipinski definition) is 0. The van der Waals surface area contributed by atoms with Crippen molar-refractivity contribution in [1.82, 2.24) is 0 Å². The molecular weight excluding hydrogens is 236 g/mol. The van der Waals surface area contributed by atoms with Gasteiger partial charge >= 0.3 is 0 Å². The molecule has 0 saturated heterocycles. The van der Waals surface area contributed by atoms with Crippen molar-refractivity contribution >= 4 is 16.6 Å². The van der Waals surface area contributed by atoms with Crippen LogP contribution in [-0.4, -0.2) is 18.5 Å². The molecule has 0 heterocycles. The van der Waals surface area contributed by atoms with Crippen LogP contribution in [0.2, 0.25) is 0 Å². The molecule has 2 aromatic carbocycles. The van der Waals surface area contributed by atoms with Crippen LogP contribution < -0.4 is 0 Å². The molecule has 19 heavy (non-hydrogen) atoms. The highest BCUT2D eigenvalue weighted by molar-refractivity contribution is 6.02. The van der Waals surface area contributed by atoms with Gasteiger partial charge in [0.2, 0.25) is 0 Å². The maximum atomic E-state index is 12.4. The summed E-state index contributed by atoms with van der Waals surface area (Å²) in [5.41, 5.74) is 0.741. The van der Waals surface area contributed by atoms with Crippen molar-refractivity contribution in [2.24, 2.45) is 0 Å². The van der Waals surface area contributed by atoms with Crippen LogP contribution in [-0.2, 0) is 4.74 Å². The molecule has 0 aliphatic carbocycles. The van der Waals surface area contributed by atoms with Gasteiger partial charge < -0.3 is 4.74 Å². The lowest BCUT2D eigenvalue weighted by atomic mass is 9.99. The Kier molecular flexibility index (Phi) is 4.69. The molecule has 1 atom stereocenters. The molecule has 100 valence electrons. The van der Waals surface area contributed by atoms with Crippen LogP contribution in [0.3, 0.4) is 0 Å². The van der Waals surface area contributed by atoms with E-state index >= 15 is 0 Å². The minimum absolute atomic E-state index is 0.0921. The lowest BCUT2D eigenvalue weighted by molar-refractivity contribution is 0.0423.